The van der Waals surface area contributed by atoms with Crippen LogP contribution in [0, 0.1) is 0 Å². The van der Waals surface area contributed by atoms with Crippen LogP contribution in [-0.4, -0.2) is 18.6 Å². The number of rotatable bonds is 4. The van der Waals surface area contributed by atoms with Gasteiger partial charge in [0.15, 0.2) is 18.2 Å². The second kappa shape index (κ2) is 4.48. The van der Waals surface area contributed by atoms with Crippen LogP contribution in [0.2, 0.25) is 0 Å². The predicted octanol–water partition coefficient (Wildman–Crippen LogP) is 2.56. The molecule has 0 N–H and O–H groups in total. The maximum atomic E-state index is 12.0. The van der Waals surface area contributed by atoms with Gasteiger partial charge in [-0.25, -0.2) is 0 Å². The number of alkyl halides is 3. The summed E-state index contributed by atoms with van der Waals surface area (Å²) in [4.78, 5) is 10.2. The topological polar surface area (TPSA) is 39.4 Å². The van der Waals surface area contributed by atoms with E-state index in [1.54, 1.807) is 0 Å². The Labute approximate surface area is 83.8 Å². The molecule has 0 saturated heterocycles. The summed E-state index contributed by atoms with van der Waals surface area (Å²) in [6, 6.07) is 2.76. The lowest BCUT2D eigenvalue weighted by molar-refractivity contribution is -0.218. The normalized spacial score (nSPS) is 13.9. The van der Waals surface area contributed by atoms with E-state index in [9.17, 15) is 18.0 Å². The molecule has 1 aromatic heterocycles. The quantitative estimate of drug-likeness (QED) is 0.735. The number of hydrogen-bond acceptors (Lipinski definition) is 3. The second-order valence-corrected chi connectivity index (χ2v) is 2.92. The van der Waals surface area contributed by atoms with Crippen molar-refractivity contribution in [1.82, 2.24) is 0 Å². The molecule has 1 heterocycles. The molecule has 0 aliphatic heterocycles. The van der Waals surface area contributed by atoms with E-state index in [-0.39, 0.29) is 18.1 Å². The van der Waals surface area contributed by atoms with Crippen molar-refractivity contribution >= 4 is 6.29 Å². The standard InChI is InChI=1S/C9H9F3O3/c1-6(9(10,11)12)14-5-8-3-2-7(4-13)15-8/h2-4,6H,5H2,1H3. The van der Waals surface area contributed by atoms with Crippen molar-refractivity contribution in [3.05, 3.63) is 23.7 Å². The van der Waals surface area contributed by atoms with E-state index in [4.69, 9.17) is 4.42 Å². The maximum absolute atomic E-state index is 12.0. The van der Waals surface area contributed by atoms with Gasteiger partial charge in [-0.1, -0.05) is 0 Å². The van der Waals surface area contributed by atoms with Gasteiger partial charge in [-0.2, -0.15) is 13.2 Å². The molecule has 0 aromatic carbocycles. The molecule has 0 amide bonds. The van der Waals surface area contributed by atoms with Crippen LogP contribution < -0.4 is 0 Å². The van der Waals surface area contributed by atoms with Gasteiger partial charge in [0.05, 0.1) is 0 Å². The Hall–Kier alpha value is -1.30. The molecule has 84 valence electrons. The van der Waals surface area contributed by atoms with Gasteiger partial charge in [-0.3, -0.25) is 4.79 Å². The molecule has 1 unspecified atom stereocenters. The third-order valence-corrected chi connectivity index (χ3v) is 1.74. The molecule has 15 heavy (non-hydrogen) atoms. The fraction of sp³-hybridized carbons (Fsp3) is 0.444. The van der Waals surface area contributed by atoms with Gasteiger partial charge in [0, 0.05) is 0 Å². The summed E-state index contributed by atoms with van der Waals surface area (Å²) in [5, 5.41) is 0. The molecule has 1 aromatic rings. The lowest BCUT2D eigenvalue weighted by Gasteiger charge is -2.15. The van der Waals surface area contributed by atoms with Crippen molar-refractivity contribution in [1.29, 1.82) is 0 Å². The van der Waals surface area contributed by atoms with Crippen molar-refractivity contribution < 1.29 is 27.1 Å². The molecule has 0 radical (unpaired) electrons. The molecule has 0 bridgehead atoms. The predicted molar refractivity (Wildman–Crippen MR) is 44.4 cm³/mol. The van der Waals surface area contributed by atoms with E-state index in [0.29, 0.717) is 6.29 Å². The molecule has 0 aliphatic carbocycles. The Bertz CT molecular complexity index is 330. The van der Waals surface area contributed by atoms with E-state index >= 15 is 0 Å². The number of carbonyl (C=O) groups is 1. The first-order valence-corrected chi connectivity index (χ1v) is 4.15. The zero-order valence-electron chi connectivity index (χ0n) is 7.88. The summed E-state index contributed by atoms with van der Waals surface area (Å²) in [6.07, 6.45) is -5.78. The molecule has 0 aliphatic rings. The van der Waals surface area contributed by atoms with Crippen molar-refractivity contribution in [2.75, 3.05) is 0 Å². The smallest absolute Gasteiger partial charge is 0.414 e. The van der Waals surface area contributed by atoms with E-state index in [1.807, 2.05) is 0 Å². The minimum absolute atomic E-state index is 0.0632. The molecular formula is C9H9F3O3. The number of hydrogen-bond donors (Lipinski definition) is 0. The van der Waals surface area contributed by atoms with Gasteiger partial charge >= 0.3 is 6.18 Å². The molecule has 3 nitrogen and oxygen atoms in total. The first-order chi connectivity index (χ1) is 6.93. The van der Waals surface area contributed by atoms with Crippen LogP contribution in [0.3, 0.4) is 0 Å². The summed E-state index contributed by atoms with van der Waals surface area (Å²) >= 11 is 0. The van der Waals surface area contributed by atoms with Crippen LogP contribution in [0.1, 0.15) is 23.2 Å². The molecule has 1 rings (SSSR count). The zero-order chi connectivity index (χ0) is 11.5. The monoisotopic (exact) mass is 222 g/mol. The van der Waals surface area contributed by atoms with Crippen LogP contribution in [0.15, 0.2) is 16.5 Å². The minimum Gasteiger partial charge on any atom is -0.456 e. The lowest BCUT2D eigenvalue weighted by Crippen LogP contribution is -2.28. The molecule has 6 heteroatoms. The second-order valence-electron chi connectivity index (χ2n) is 2.92. The van der Waals surface area contributed by atoms with Gasteiger partial charge in [-0.05, 0) is 19.1 Å². The highest BCUT2D eigenvalue weighted by Gasteiger charge is 2.36. The van der Waals surface area contributed by atoms with Crippen molar-refractivity contribution in [3.63, 3.8) is 0 Å². The van der Waals surface area contributed by atoms with Gasteiger partial charge in [0.1, 0.15) is 12.4 Å². The van der Waals surface area contributed by atoms with Crippen molar-refractivity contribution in [3.8, 4) is 0 Å². The van der Waals surface area contributed by atoms with Gasteiger partial charge in [0.25, 0.3) is 0 Å². The lowest BCUT2D eigenvalue weighted by atomic mass is 10.4. The highest BCUT2D eigenvalue weighted by atomic mass is 19.4. The minimum atomic E-state index is -4.39. The van der Waals surface area contributed by atoms with E-state index in [0.717, 1.165) is 6.92 Å². The zero-order valence-corrected chi connectivity index (χ0v) is 7.88. The summed E-state index contributed by atoms with van der Waals surface area (Å²) in [5.41, 5.74) is 0. The number of ether oxygens (including phenoxy) is 1. The Morgan fingerprint density at radius 2 is 2.20 bits per heavy atom. The van der Waals surface area contributed by atoms with Gasteiger partial charge in [0.2, 0.25) is 0 Å². The number of carbonyl (C=O) groups excluding carboxylic acids is 1. The molecule has 0 fully saturated rings. The largest absolute Gasteiger partial charge is 0.456 e. The number of furan rings is 1. The van der Waals surface area contributed by atoms with Gasteiger partial charge < -0.3 is 9.15 Å². The van der Waals surface area contributed by atoms with Gasteiger partial charge in [-0.15, -0.1) is 0 Å². The first-order valence-electron chi connectivity index (χ1n) is 4.15. The first kappa shape index (κ1) is 11.8. The Morgan fingerprint density at radius 1 is 1.53 bits per heavy atom. The third-order valence-electron chi connectivity index (χ3n) is 1.74. The van der Waals surface area contributed by atoms with Crippen LogP contribution >= 0.6 is 0 Å². The van der Waals surface area contributed by atoms with Crippen LogP contribution in [0.25, 0.3) is 0 Å². The molecule has 0 saturated carbocycles. The highest BCUT2D eigenvalue weighted by molar-refractivity contribution is 5.70. The summed E-state index contributed by atoms with van der Waals surface area (Å²) in [5.74, 6) is 0.251. The van der Waals surface area contributed by atoms with Crippen LogP contribution in [0.5, 0.6) is 0 Å². The average Bonchev–Trinajstić information content (AvgIpc) is 2.60. The van der Waals surface area contributed by atoms with E-state index in [1.165, 1.54) is 12.1 Å². The third kappa shape index (κ3) is 3.39. The maximum Gasteiger partial charge on any atom is 0.414 e. The average molecular weight is 222 g/mol. The van der Waals surface area contributed by atoms with Crippen molar-refractivity contribution in [2.45, 2.75) is 25.8 Å². The highest BCUT2D eigenvalue weighted by Crippen LogP contribution is 2.23. The Balaban J connectivity index is 2.47. The molecule has 1 atom stereocenters. The Kier molecular flexibility index (Phi) is 3.52. The van der Waals surface area contributed by atoms with Crippen molar-refractivity contribution in [2.24, 2.45) is 0 Å². The molecular weight excluding hydrogens is 213 g/mol. The summed E-state index contributed by atoms with van der Waals surface area (Å²) in [7, 11) is 0. The van der Waals surface area contributed by atoms with Crippen LogP contribution in [-0.2, 0) is 11.3 Å². The summed E-state index contributed by atoms with van der Waals surface area (Å²) in [6.45, 7) is 0.595. The Morgan fingerprint density at radius 3 is 2.67 bits per heavy atom. The SMILES string of the molecule is CC(OCc1ccc(C=O)o1)C(F)(F)F. The number of aldehydes is 1. The summed E-state index contributed by atoms with van der Waals surface area (Å²) < 4.78 is 45.4. The van der Waals surface area contributed by atoms with E-state index in [2.05, 4.69) is 4.74 Å². The van der Waals surface area contributed by atoms with Crippen LogP contribution in [0.4, 0.5) is 13.2 Å². The number of halogens is 3. The molecule has 0 spiro atoms. The fourth-order valence-corrected chi connectivity index (χ4v) is 0.837. The fourth-order valence-electron chi connectivity index (χ4n) is 0.837. The van der Waals surface area contributed by atoms with E-state index < -0.39 is 12.3 Å².